The molecule has 0 radical (unpaired) electrons. The van der Waals surface area contributed by atoms with Gasteiger partial charge in [0, 0.05) is 37.5 Å². The molecule has 2 amide bonds. The van der Waals surface area contributed by atoms with Crippen molar-refractivity contribution in [1.29, 1.82) is 0 Å². The van der Waals surface area contributed by atoms with Crippen molar-refractivity contribution >= 4 is 23.2 Å². The summed E-state index contributed by atoms with van der Waals surface area (Å²) in [4.78, 5) is 31.0. The average molecular weight is 391 g/mol. The zero-order chi connectivity index (χ0) is 19.2. The minimum atomic E-state index is -0.0617. The van der Waals surface area contributed by atoms with Gasteiger partial charge in [0.05, 0.1) is 12.1 Å². The van der Waals surface area contributed by atoms with Gasteiger partial charge in [-0.05, 0) is 38.3 Å². The number of nitrogens with two attached hydrogens (primary N) is 1. The van der Waals surface area contributed by atoms with Gasteiger partial charge in [-0.2, -0.15) is 0 Å². The Labute approximate surface area is 162 Å². The van der Waals surface area contributed by atoms with Gasteiger partial charge in [0.25, 0.3) is 0 Å². The number of amides is 2. The van der Waals surface area contributed by atoms with E-state index in [4.69, 9.17) is 10.2 Å². The van der Waals surface area contributed by atoms with Crippen LogP contribution >= 0.6 is 11.3 Å². The lowest BCUT2D eigenvalue weighted by molar-refractivity contribution is -0.134. The molecule has 3 heterocycles. The number of thiazole rings is 1. The van der Waals surface area contributed by atoms with E-state index in [9.17, 15) is 9.59 Å². The number of carbonyl (C=O) groups is 2. The van der Waals surface area contributed by atoms with Crippen LogP contribution in [-0.4, -0.2) is 47.4 Å². The van der Waals surface area contributed by atoms with Crippen molar-refractivity contribution in [3.8, 4) is 10.8 Å². The number of hydrogen-bond acceptors (Lipinski definition) is 6. The summed E-state index contributed by atoms with van der Waals surface area (Å²) in [7, 11) is 0. The highest BCUT2D eigenvalue weighted by molar-refractivity contribution is 7.13. The third-order valence-electron chi connectivity index (χ3n) is 4.69. The van der Waals surface area contributed by atoms with Crippen LogP contribution in [0.5, 0.6) is 0 Å². The number of carbonyl (C=O) groups excluding carboxylic acids is 2. The van der Waals surface area contributed by atoms with Gasteiger partial charge in [0.1, 0.15) is 5.76 Å². The van der Waals surface area contributed by atoms with Crippen LogP contribution in [0.25, 0.3) is 10.8 Å². The maximum Gasteiger partial charge on any atom is 0.228 e. The Bertz CT molecular complexity index is 786. The number of rotatable bonds is 7. The van der Waals surface area contributed by atoms with Gasteiger partial charge in [-0.15, -0.1) is 11.3 Å². The molecule has 2 aromatic rings. The molecule has 1 saturated heterocycles. The van der Waals surface area contributed by atoms with Crippen LogP contribution in [0.1, 0.15) is 37.1 Å². The zero-order valence-electron chi connectivity index (χ0n) is 15.6. The number of furan rings is 1. The Balaban J connectivity index is 1.60. The van der Waals surface area contributed by atoms with Crippen molar-refractivity contribution in [2.45, 2.75) is 45.1 Å². The minimum absolute atomic E-state index is 0.0406. The standard InChI is InChI=1S/C19H26N4O3S/c1-13-5-6-16(26-13)19-22-14(12-27-19)10-18(25)23-9-3-2-4-15(23)11-21-17(24)7-8-20/h5-6,12,15H,2-4,7-11,20H2,1H3,(H,21,24). The summed E-state index contributed by atoms with van der Waals surface area (Å²) in [6, 6.07) is 3.84. The molecule has 0 bridgehead atoms. The molecule has 0 spiro atoms. The number of likely N-dealkylation sites (tertiary alicyclic amines) is 1. The highest BCUT2D eigenvalue weighted by Gasteiger charge is 2.27. The molecule has 8 heteroatoms. The first kappa shape index (κ1) is 19.6. The van der Waals surface area contributed by atoms with Crippen molar-refractivity contribution in [2.24, 2.45) is 5.73 Å². The van der Waals surface area contributed by atoms with Crippen molar-refractivity contribution in [1.82, 2.24) is 15.2 Å². The lowest BCUT2D eigenvalue weighted by Crippen LogP contribution is -2.50. The molecule has 0 aromatic carbocycles. The molecule has 3 N–H and O–H groups in total. The van der Waals surface area contributed by atoms with Crippen LogP contribution in [0.3, 0.4) is 0 Å². The number of piperidine rings is 1. The molecular weight excluding hydrogens is 364 g/mol. The maximum absolute atomic E-state index is 12.8. The summed E-state index contributed by atoms with van der Waals surface area (Å²) < 4.78 is 5.60. The minimum Gasteiger partial charge on any atom is -0.459 e. The van der Waals surface area contributed by atoms with E-state index in [-0.39, 0.29) is 24.3 Å². The van der Waals surface area contributed by atoms with Gasteiger partial charge < -0.3 is 20.4 Å². The monoisotopic (exact) mass is 390 g/mol. The second kappa shape index (κ2) is 9.14. The van der Waals surface area contributed by atoms with Crippen LogP contribution < -0.4 is 11.1 Å². The predicted octanol–water partition coefficient (Wildman–Crippen LogP) is 2.10. The normalized spacial score (nSPS) is 17.1. The first-order valence-corrected chi connectivity index (χ1v) is 10.2. The highest BCUT2D eigenvalue weighted by atomic mass is 32.1. The first-order chi connectivity index (χ1) is 13.1. The zero-order valence-corrected chi connectivity index (χ0v) is 16.4. The van der Waals surface area contributed by atoms with E-state index in [0.29, 0.717) is 19.5 Å². The van der Waals surface area contributed by atoms with Crippen LogP contribution in [0, 0.1) is 6.92 Å². The van der Waals surface area contributed by atoms with E-state index < -0.39 is 0 Å². The Kier molecular flexibility index (Phi) is 6.63. The van der Waals surface area contributed by atoms with Gasteiger partial charge in [-0.3, -0.25) is 9.59 Å². The van der Waals surface area contributed by atoms with Gasteiger partial charge in [0.15, 0.2) is 10.8 Å². The summed E-state index contributed by atoms with van der Waals surface area (Å²) >= 11 is 1.48. The van der Waals surface area contributed by atoms with E-state index in [0.717, 1.165) is 48.0 Å². The van der Waals surface area contributed by atoms with Crippen molar-refractivity contribution in [3.63, 3.8) is 0 Å². The summed E-state index contributed by atoms with van der Waals surface area (Å²) in [6.07, 6.45) is 3.55. The highest BCUT2D eigenvalue weighted by Crippen LogP contribution is 2.26. The summed E-state index contributed by atoms with van der Waals surface area (Å²) in [5.41, 5.74) is 6.16. The van der Waals surface area contributed by atoms with Crippen molar-refractivity contribution in [3.05, 3.63) is 29.0 Å². The Morgan fingerprint density at radius 1 is 1.41 bits per heavy atom. The van der Waals surface area contributed by atoms with E-state index in [1.54, 1.807) is 0 Å². The lowest BCUT2D eigenvalue weighted by atomic mass is 10.0. The van der Waals surface area contributed by atoms with E-state index in [1.165, 1.54) is 11.3 Å². The number of aromatic nitrogens is 1. The smallest absolute Gasteiger partial charge is 0.228 e. The molecular formula is C19H26N4O3S. The molecule has 1 unspecified atom stereocenters. The molecule has 0 aliphatic carbocycles. The van der Waals surface area contributed by atoms with E-state index in [1.807, 2.05) is 29.3 Å². The van der Waals surface area contributed by atoms with Crippen LogP contribution in [0.15, 0.2) is 21.9 Å². The quantitative estimate of drug-likeness (QED) is 0.754. The van der Waals surface area contributed by atoms with Crippen molar-refractivity contribution < 1.29 is 14.0 Å². The molecule has 1 fully saturated rings. The largest absolute Gasteiger partial charge is 0.459 e. The van der Waals surface area contributed by atoms with E-state index in [2.05, 4.69) is 10.3 Å². The fourth-order valence-electron chi connectivity index (χ4n) is 3.30. The number of nitrogens with one attached hydrogen (secondary N) is 1. The van der Waals surface area contributed by atoms with Gasteiger partial charge in [-0.25, -0.2) is 4.98 Å². The number of aryl methyl sites for hydroxylation is 1. The molecule has 146 valence electrons. The topological polar surface area (TPSA) is 101 Å². The van der Waals surface area contributed by atoms with E-state index >= 15 is 0 Å². The summed E-state index contributed by atoms with van der Waals surface area (Å²) in [6.45, 7) is 3.44. The second-order valence-electron chi connectivity index (χ2n) is 6.81. The number of hydrogen-bond donors (Lipinski definition) is 2. The SMILES string of the molecule is Cc1ccc(-c2nc(CC(=O)N3CCCCC3CNC(=O)CCN)cs2)o1. The molecule has 1 aliphatic heterocycles. The fraction of sp³-hybridized carbons (Fsp3) is 0.526. The van der Waals surface area contributed by atoms with Gasteiger partial charge in [0.2, 0.25) is 11.8 Å². The molecule has 1 atom stereocenters. The van der Waals surface area contributed by atoms with Gasteiger partial charge >= 0.3 is 0 Å². The molecule has 27 heavy (non-hydrogen) atoms. The third kappa shape index (κ3) is 5.17. The van der Waals surface area contributed by atoms with Crippen LogP contribution in [-0.2, 0) is 16.0 Å². The molecule has 7 nitrogen and oxygen atoms in total. The average Bonchev–Trinajstić information content (AvgIpc) is 3.29. The Morgan fingerprint density at radius 2 is 2.26 bits per heavy atom. The van der Waals surface area contributed by atoms with Crippen LogP contribution in [0.2, 0.25) is 0 Å². The fourth-order valence-corrected chi connectivity index (χ4v) is 4.08. The Morgan fingerprint density at radius 3 is 3.00 bits per heavy atom. The predicted molar refractivity (Wildman–Crippen MR) is 104 cm³/mol. The molecule has 2 aromatic heterocycles. The first-order valence-electron chi connectivity index (χ1n) is 9.34. The number of nitrogens with zero attached hydrogens (tertiary/aromatic N) is 2. The summed E-state index contributed by atoms with van der Waals surface area (Å²) in [5.74, 6) is 1.56. The summed E-state index contributed by atoms with van der Waals surface area (Å²) in [5, 5.41) is 5.59. The van der Waals surface area contributed by atoms with Crippen LogP contribution in [0.4, 0.5) is 0 Å². The molecule has 0 saturated carbocycles. The second-order valence-corrected chi connectivity index (χ2v) is 7.67. The lowest BCUT2D eigenvalue weighted by Gasteiger charge is -2.36. The molecule has 3 rings (SSSR count). The third-order valence-corrected chi connectivity index (χ3v) is 5.59. The Hall–Kier alpha value is -2.19. The maximum atomic E-state index is 12.8. The van der Waals surface area contributed by atoms with Crippen molar-refractivity contribution in [2.75, 3.05) is 19.6 Å². The molecule has 1 aliphatic rings. The van der Waals surface area contributed by atoms with Gasteiger partial charge in [-0.1, -0.05) is 0 Å².